The van der Waals surface area contributed by atoms with Crippen LogP contribution in [-0.4, -0.2) is 43.3 Å². The molecule has 1 saturated carbocycles. The Balaban J connectivity index is 1.38. The number of rotatable bonds is 6. The molecule has 1 heterocycles. The van der Waals surface area contributed by atoms with Gasteiger partial charge in [-0.1, -0.05) is 29.8 Å². The van der Waals surface area contributed by atoms with Crippen molar-refractivity contribution in [3.63, 3.8) is 0 Å². The van der Waals surface area contributed by atoms with Gasteiger partial charge in [0.15, 0.2) is 0 Å². The van der Waals surface area contributed by atoms with E-state index in [9.17, 15) is 4.79 Å². The summed E-state index contributed by atoms with van der Waals surface area (Å²) in [4.78, 5) is 20.7. The second kappa shape index (κ2) is 10.0. The number of hydrogen-bond donors (Lipinski definition) is 2. The van der Waals surface area contributed by atoms with Crippen LogP contribution < -0.4 is 15.5 Å². The van der Waals surface area contributed by atoms with E-state index in [0.717, 1.165) is 53.0 Å². The predicted octanol–water partition coefficient (Wildman–Crippen LogP) is 5.83. The first-order chi connectivity index (χ1) is 15.4. The van der Waals surface area contributed by atoms with Gasteiger partial charge in [0.2, 0.25) is 0 Å². The average Bonchev–Trinajstić information content (AvgIpc) is 2.80. The van der Waals surface area contributed by atoms with Crippen LogP contribution in [0.3, 0.4) is 0 Å². The van der Waals surface area contributed by atoms with E-state index in [4.69, 9.17) is 16.6 Å². The lowest BCUT2D eigenvalue weighted by molar-refractivity contribution is 0.0926. The quantitative estimate of drug-likeness (QED) is 0.446. The normalized spacial score (nSPS) is 18.4. The van der Waals surface area contributed by atoms with Crippen LogP contribution in [0.5, 0.6) is 0 Å². The Labute approximate surface area is 198 Å². The third-order valence-corrected chi connectivity index (χ3v) is 7.06. The number of nitrogens with one attached hydrogen (secondary N) is 2. The zero-order valence-electron chi connectivity index (χ0n) is 18.7. The molecule has 0 unspecified atom stereocenters. The summed E-state index contributed by atoms with van der Waals surface area (Å²) in [6, 6.07) is 16.4. The molecule has 1 amide bonds. The highest BCUT2D eigenvalue weighted by molar-refractivity contribution is 7.98. The van der Waals surface area contributed by atoms with E-state index in [1.807, 2.05) is 30.5 Å². The molecule has 0 bridgehead atoms. The molecule has 32 heavy (non-hydrogen) atoms. The number of hydrogen-bond acceptors (Lipinski definition) is 5. The van der Waals surface area contributed by atoms with E-state index >= 15 is 0 Å². The Kier molecular flexibility index (Phi) is 7.11. The van der Waals surface area contributed by atoms with E-state index < -0.39 is 0 Å². The third-order valence-electron chi connectivity index (χ3n) is 6.01. The number of anilines is 2. The van der Waals surface area contributed by atoms with Crippen molar-refractivity contribution >= 4 is 51.7 Å². The third kappa shape index (κ3) is 5.13. The van der Waals surface area contributed by atoms with Gasteiger partial charge >= 0.3 is 0 Å². The molecule has 168 valence electrons. The SMILES string of the molecule is CSc1ccc(Cl)c(C(=O)N[C@H]2CC[C@@H](Nc3cc(N(C)C)c4ccccc4n3)CC2)c1. The first kappa shape index (κ1) is 22.7. The van der Waals surface area contributed by atoms with Gasteiger partial charge < -0.3 is 15.5 Å². The smallest absolute Gasteiger partial charge is 0.253 e. The van der Waals surface area contributed by atoms with E-state index in [-0.39, 0.29) is 11.9 Å². The summed E-state index contributed by atoms with van der Waals surface area (Å²) in [7, 11) is 4.11. The largest absolute Gasteiger partial charge is 0.377 e. The molecule has 1 aromatic heterocycles. The summed E-state index contributed by atoms with van der Waals surface area (Å²) >= 11 is 7.87. The van der Waals surface area contributed by atoms with Crippen molar-refractivity contribution < 1.29 is 4.79 Å². The number of aromatic nitrogens is 1. The Morgan fingerprint density at radius 3 is 2.50 bits per heavy atom. The molecule has 0 radical (unpaired) electrons. The van der Waals surface area contributed by atoms with Crippen molar-refractivity contribution in [1.82, 2.24) is 10.3 Å². The number of thioether (sulfide) groups is 1. The number of carbonyl (C=O) groups is 1. The van der Waals surface area contributed by atoms with E-state index in [0.29, 0.717) is 16.6 Å². The monoisotopic (exact) mass is 468 g/mol. The first-order valence-corrected chi connectivity index (χ1v) is 12.5. The van der Waals surface area contributed by atoms with Gasteiger partial charge in [0.25, 0.3) is 5.91 Å². The molecule has 0 saturated heterocycles. The molecule has 1 aliphatic carbocycles. The van der Waals surface area contributed by atoms with Gasteiger partial charge in [-0.05, 0) is 56.2 Å². The van der Waals surface area contributed by atoms with Crippen molar-refractivity contribution in [3.8, 4) is 0 Å². The Morgan fingerprint density at radius 1 is 1.06 bits per heavy atom. The van der Waals surface area contributed by atoms with Crippen LogP contribution in [0.15, 0.2) is 53.4 Å². The molecule has 2 N–H and O–H groups in total. The number of pyridine rings is 1. The fourth-order valence-electron chi connectivity index (χ4n) is 4.26. The number of carbonyl (C=O) groups excluding carboxylic acids is 1. The molecule has 4 rings (SSSR count). The van der Waals surface area contributed by atoms with Gasteiger partial charge in [0, 0.05) is 48.2 Å². The first-order valence-electron chi connectivity index (χ1n) is 10.9. The molecule has 0 aliphatic heterocycles. The highest BCUT2D eigenvalue weighted by Crippen LogP contribution is 2.29. The van der Waals surface area contributed by atoms with Crippen LogP contribution in [0.4, 0.5) is 11.5 Å². The van der Waals surface area contributed by atoms with Crippen LogP contribution >= 0.6 is 23.4 Å². The number of amides is 1. The number of halogens is 1. The Bertz CT molecular complexity index is 1110. The van der Waals surface area contributed by atoms with Crippen LogP contribution in [-0.2, 0) is 0 Å². The van der Waals surface area contributed by atoms with Crippen LogP contribution in [0, 0.1) is 0 Å². The summed E-state index contributed by atoms with van der Waals surface area (Å²) in [6.45, 7) is 0. The van der Waals surface area contributed by atoms with E-state index in [1.54, 1.807) is 17.8 Å². The molecular formula is C25H29ClN4OS. The maximum absolute atomic E-state index is 12.8. The van der Waals surface area contributed by atoms with Crippen molar-refractivity contribution in [2.24, 2.45) is 0 Å². The average molecular weight is 469 g/mol. The van der Waals surface area contributed by atoms with Crippen molar-refractivity contribution in [2.75, 3.05) is 30.6 Å². The van der Waals surface area contributed by atoms with Crippen molar-refractivity contribution in [3.05, 3.63) is 59.1 Å². The summed E-state index contributed by atoms with van der Waals surface area (Å²) in [6.07, 6.45) is 5.81. The Hall–Kier alpha value is -2.44. The zero-order chi connectivity index (χ0) is 22.7. The summed E-state index contributed by atoms with van der Waals surface area (Å²) in [5.74, 6) is 0.815. The highest BCUT2D eigenvalue weighted by Gasteiger charge is 2.24. The van der Waals surface area contributed by atoms with Gasteiger partial charge in [-0.2, -0.15) is 0 Å². The van der Waals surface area contributed by atoms with Crippen LogP contribution in [0.2, 0.25) is 5.02 Å². The number of nitrogens with zero attached hydrogens (tertiary/aromatic N) is 2. The summed E-state index contributed by atoms with van der Waals surface area (Å²) < 4.78 is 0. The minimum Gasteiger partial charge on any atom is -0.377 e. The lowest BCUT2D eigenvalue weighted by Crippen LogP contribution is -2.40. The lowest BCUT2D eigenvalue weighted by Gasteiger charge is -2.30. The molecule has 7 heteroatoms. The lowest BCUT2D eigenvalue weighted by atomic mass is 9.91. The van der Waals surface area contributed by atoms with E-state index in [1.165, 1.54) is 0 Å². The molecule has 3 aromatic rings. The minimum atomic E-state index is -0.0888. The second-order valence-electron chi connectivity index (χ2n) is 8.45. The number of fused-ring (bicyclic) bond motifs is 1. The van der Waals surface area contributed by atoms with Crippen LogP contribution in [0.25, 0.3) is 10.9 Å². The standard InChI is InChI=1S/C25H29ClN4OS/c1-30(2)23-15-24(29-22-7-5-4-6-19(22)23)27-16-8-10-17(11-9-16)28-25(31)20-14-18(32-3)12-13-21(20)26/h4-7,12-17H,8-11H2,1-3H3,(H,27,29)(H,28,31)/t16-,17+. The second-order valence-corrected chi connectivity index (χ2v) is 9.74. The molecule has 0 atom stereocenters. The number of para-hydroxylation sites is 1. The highest BCUT2D eigenvalue weighted by atomic mass is 35.5. The summed E-state index contributed by atoms with van der Waals surface area (Å²) in [5.41, 5.74) is 2.70. The summed E-state index contributed by atoms with van der Waals surface area (Å²) in [5, 5.41) is 8.45. The van der Waals surface area contributed by atoms with Crippen molar-refractivity contribution in [1.29, 1.82) is 0 Å². The minimum absolute atomic E-state index is 0.0888. The maximum atomic E-state index is 12.8. The molecule has 1 fully saturated rings. The van der Waals surface area contributed by atoms with Gasteiger partial charge in [0.1, 0.15) is 5.82 Å². The molecule has 1 aliphatic rings. The van der Waals surface area contributed by atoms with Gasteiger partial charge in [0.05, 0.1) is 16.1 Å². The molecule has 2 aromatic carbocycles. The topological polar surface area (TPSA) is 57.3 Å². The van der Waals surface area contributed by atoms with Gasteiger partial charge in [-0.3, -0.25) is 4.79 Å². The van der Waals surface area contributed by atoms with Crippen LogP contribution in [0.1, 0.15) is 36.0 Å². The molecular weight excluding hydrogens is 440 g/mol. The van der Waals surface area contributed by atoms with Gasteiger partial charge in [-0.15, -0.1) is 11.8 Å². The zero-order valence-corrected chi connectivity index (χ0v) is 20.3. The maximum Gasteiger partial charge on any atom is 0.253 e. The predicted molar refractivity (Wildman–Crippen MR) is 136 cm³/mol. The van der Waals surface area contributed by atoms with Crippen molar-refractivity contribution in [2.45, 2.75) is 42.7 Å². The molecule has 0 spiro atoms. The fraction of sp³-hybridized carbons (Fsp3) is 0.360. The fourth-order valence-corrected chi connectivity index (χ4v) is 4.90. The van der Waals surface area contributed by atoms with E-state index in [2.05, 4.69) is 47.8 Å². The van der Waals surface area contributed by atoms with Gasteiger partial charge in [-0.25, -0.2) is 4.98 Å². The molecule has 5 nitrogen and oxygen atoms in total. The Morgan fingerprint density at radius 2 is 1.78 bits per heavy atom. The number of benzene rings is 2.